The SMILES string of the molecule is CC(C)c1nc(Cc2ccc(NC(=O)CCc3ccc(S(=O)(=O)N4CCCC4)cc3)cc2)no1. The van der Waals surface area contributed by atoms with Gasteiger partial charge < -0.3 is 9.84 Å². The molecule has 3 aromatic rings. The van der Waals surface area contributed by atoms with Crippen molar-refractivity contribution >= 4 is 21.6 Å². The van der Waals surface area contributed by atoms with E-state index >= 15 is 0 Å². The molecule has 0 unspecified atom stereocenters. The zero-order valence-corrected chi connectivity index (χ0v) is 20.3. The van der Waals surface area contributed by atoms with Crippen LogP contribution in [0.3, 0.4) is 0 Å². The monoisotopic (exact) mass is 482 g/mol. The van der Waals surface area contributed by atoms with Crippen LogP contribution in [0.2, 0.25) is 0 Å². The molecule has 180 valence electrons. The zero-order valence-electron chi connectivity index (χ0n) is 19.5. The van der Waals surface area contributed by atoms with Crippen molar-refractivity contribution < 1.29 is 17.7 Å². The molecule has 2 aromatic carbocycles. The molecule has 1 amide bonds. The summed E-state index contributed by atoms with van der Waals surface area (Å²) >= 11 is 0. The van der Waals surface area contributed by atoms with Gasteiger partial charge in [0.15, 0.2) is 5.82 Å². The molecule has 1 fully saturated rings. The van der Waals surface area contributed by atoms with Gasteiger partial charge in [0.25, 0.3) is 0 Å². The lowest BCUT2D eigenvalue weighted by Crippen LogP contribution is -2.27. The Hall–Kier alpha value is -3.04. The second-order valence-electron chi connectivity index (χ2n) is 8.88. The molecule has 1 aromatic heterocycles. The van der Waals surface area contributed by atoms with E-state index in [1.54, 1.807) is 24.3 Å². The van der Waals surface area contributed by atoms with E-state index in [-0.39, 0.29) is 11.8 Å². The summed E-state index contributed by atoms with van der Waals surface area (Å²) in [7, 11) is -3.41. The number of nitrogens with one attached hydrogen (secondary N) is 1. The number of amides is 1. The van der Waals surface area contributed by atoms with Crippen LogP contribution in [0.5, 0.6) is 0 Å². The van der Waals surface area contributed by atoms with Gasteiger partial charge >= 0.3 is 0 Å². The summed E-state index contributed by atoms with van der Waals surface area (Å²) in [5.74, 6) is 1.36. The van der Waals surface area contributed by atoms with Crippen LogP contribution in [0.25, 0.3) is 0 Å². The fourth-order valence-corrected chi connectivity index (χ4v) is 5.37. The molecule has 0 aliphatic carbocycles. The Labute approximate surface area is 200 Å². The van der Waals surface area contributed by atoms with Gasteiger partial charge in [0.05, 0.1) is 4.90 Å². The lowest BCUT2D eigenvalue weighted by Gasteiger charge is -2.15. The number of anilines is 1. The van der Waals surface area contributed by atoms with Crippen LogP contribution in [0, 0.1) is 0 Å². The molecule has 4 rings (SSSR count). The molecule has 1 N–H and O–H groups in total. The molecular weight excluding hydrogens is 452 g/mol. The molecule has 1 aliphatic rings. The maximum atomic E-state index is 12.6. The number of aryl methyl sites for hydroxylation is 1. The summed E-state index contributed by atoms with van der Waals surface area (Å²) in [6, 6.07) is 14.4. The topological polar surface area (TPSA) is 105 Å². The van der Waals surface area contributed by atoms with Crippen LogP contribution in [-0.4, -0.2) is 41.9 Å². The number of carbonyl (C=O) groups is 1. The van der Waals surface area contributed by atoms with E-state index in [0.29, 0.717) is 49.0 Å². The van der Waals surface area contributed by atoms with E-state index in [0.717, 1.165) is 29.7 Å². The van der Waals surface area contributed by atoms with E-state index in [9.17, 15) is 13.2 Å². The first-order valence-electron chi connectivity index (χ1n) is 11.6. The molecule has 0 radical (unpaired) electrons. The summed E-state index contributed by atoms with van der Waals surface area (Å²) in [6.07, 6.45) is 3.22. The van der Waals surface area contributed by atoms with Crippen LogP contribution in [0.15, 0.2) is 57.9 Å². The van der Waals surface area contributed by atoms with Crippen molar-refractivity contribution in [1.82, 2.24) is 14.4 Å². The molecule has 9 heteroatoms. The highest BCUT2D eigenvalue weighted by atomic mass is 32.2. The number of nitrogens with zero attached hydrogens (tertiary/aromatic N) is 3. The number of benzene rings is 2. The average Bonchev–Trinajstić information content (AvgIpc) is 3.52. The Kier molecular flexibility index (Phi) is 7.43. The highest BCUT2D eigenvalue weighted by Crippen LogP contribution is 2.21. The van der Waals surface area contributed by atoms with Crippen molar-refractivity contribution in [3.63, 3.8) is 0 Å². The molecule has 0 spiro atoms. The number of sulfonamides is 1. The van der Waals surface area contributed by atoms with Gasteiger partial charge in [0.1, 0.15) is 0 Å². The maximum absolute atomic E-state index is 12.6. The second kappa shape index (κ2) is 10.5. The van der Waals surface area contributed by atoms with Crippen molar-refractivity contribution in [1.29, 1.82) is 0 Å². The van der Waals surface area contributed by atoms with Crippen molar-refractivity contribution in [2.75, 3.05) is 18.4 Å². The van der Waals surface area contributed by atoms with Crippen molar-refractivity contribution in [3.8, 4) is 0 Å². The van der Waals surface area contributed by atoms with E-state index in [1.807, 2.05) is 38.1 Å². The Morgan fingerprint density at radius 3 is 2.29 bits per heavy atom. The van der Waals surface area contributed by atoms with E-state index < -0.39 is 10.0 Å². The summed E-state index contributed by atoms with van der Waals surface area (Å²) in [6.45, 7) is 5.18. The highest BCUT2D eigenvalue weighted by molar-refractivity contribution is 7.89. The number of carbonyl (C=O) groups excluding carboxylic acids is 1. The molecule has 1 saturated heterocycles. The minimum atomic E-state index is -3.41. The molecule has 34 heavy (non-hydrogen) atoms. The van der Waals surface area contributed by atoms with E-state index in [2.05, 4.69) is 15.5 Å². The third kappa shape index (κ3) is 5.90. The van der Waals surface area contributed by atoms with Gasteiger partial charge in [-0.2, -0.15) is 9.29 Å². The Morgan fingerprint density at radius 2 is 1.68 bits per heavy atom. The lowest BCUT2D eigenvalue weighted by atomic mass is 10.1. The number of hydrogen-bond donors (Lipinski definition) is 1. The molecule has 8 nitrogen and oxygen atoms in total. The molecule has 1 aliphatic heterocycles. The fourth-order valence-electron chi connectivity index (χ4n) is 3.85. The van der Waals surface area contributed by atoms with Gasteiger partial charge in [-0.15, -0.1) is 0 Å². The zero-order chi connectivity index (χ0) is 24.1. The van der Waals surface area contributed by atoms with Gasteiger partial charge in [-0.05, 0) is 54.7 Å². The normalized spacial score (nSPS) is 14.6. The number of rotatable bonds is 9. The van der Waals surface area contributed by atoms with Crippen molar-refractivity contribution in [2.24, 2.45) is 0 Å². The van der Waals surface area contributed by atoms with Gasteiger partial charge in [-0.25, -0.2) is 8.42 Å². The molecule has 0 saturated carbocycles. The second-order valence-corrected chi connectivity index (χ2v) is 10.8. The first kappa shape index (κ1) is 24.1. The predicted molar refractivity (Wildman–Crippen MR) is 129 cm³/mol. The maximum Gasteiger partial charge on any atom is 0.243 e. The van der Waals surface area contributed by atoms with Crippen LogP contribution in [0.4, 0.5) is 5.69 Å². The van der Waals surface area contributed by atoms with Crippen molar-refractivity contribution in [2.45, 2.75) is 56.8 Å². The minimum absolute atomic E-state index is 0.0961. The van der Waals surface area contributed by atoms with Crippen LogP contribution < -0.4 is 5.32 Å². The molecule has 0 atom stereocenters. The van der Waals surface area contributed by atoms with Gasteiger partial charge in [0.2, 0.25) is 21.8 Å². The Morgan fingerprint density at radius 1 is 1.03 bits per heavy atom. The summed E-state index contributed by atoms with van der Waals surface area (Å²) < 4.78 is 32.0. The Balaban J connectivity index is 1.26. The van der Waals surface area contributed by atoms with Gasteiger partial charge in [-0.1, -0.05) is 43.3 Å². The van der Waals surface area contributed by atoms with Gasteiger partial charge in [-0.3, -0.25) is 4.79 Å². The fraction of sp³-hybridized carbons (Fsp3) is 0.400. The standard InChI is InChI=1S/C25H30N4O4S/c1-18(2)25-27-23(28-33-25)17-20-5-10-21(11-6-20)26-24(30)14-9-19-7-12-22(13-8-19)34(31,32)29-15-3-4-16-29/h5-8,10-13,18H,3-4,9,14-17H2,1-2H3,(H,26,30). The highest BCUT2D eigenvalue weighted by Gasteiger charge is 2.26. The summed E-state index contributed by atoms with van der Waals surface area (Å²) in [4.78, 5) is 17.1. The average molecular weight is 483 g/mol. The largest absolute Gasteiger partial charge is 0.339 e. The number of aromatic nitrogens is 2. The molecule has 0 bridgehead atoms. The lowest BCUT2D eigenvalue weighted by molar-refractivity contribution is -0.116. The Bertz CT molecular complexity index is 1210. The first-order chi connectivity index (χ1) is 16.3. The van der Waals surface area contributed by atoms with E-state index in [1.165, 1.54) is 4.31 Å². The third-order valence-corrected chi connectivity index (χ3v) is 7.76. The van der Waals surface area contributed by atoms with Crippen LogP contribution >= 0.6 is 0 Å². The summed E-state index contributed by atoms with van der Waals surface area (Å²) in [5.41, 5.74) is 2.67. The quantitative estimate of drug-likeness (QED) is 0.491. The summed E-state index contributed by atoms with van der Waals surface area (Å²) in [5, 5.41) is 6.91. The van der Waals surface area contributed by atoms with Crippen LogP contribution in [-0.2, 0) is 27.7 Å². The predicted octanol–water partition coefficient (Wildman–Crippen LogP) is 4.14. The molecule has 2 heterocycles. The van der Waals surface area contributed by atoms with Gasteiger partial charge in [0, 0.05) is 37.5 Å². The third-order valence-electron chi connectivity index (χ3n) is 5.84. The van der Waals surface area contributed by atoms with E-state index in [4.69, 9.17) is 4.52 Å². The minimum Gasteiger partial charge on any atom is -0.339 e. The van der Waals surface area contributed by atoms with Crippen LogP contribution in [0.1, 0.15) is 61.9 Å². The smallest absolute Gasteiger partial charge is 0.243 e. The van der Waals surface area contributed by atoms with Crippen molar-refractivity contribution in [3.05, 3.63) is 71.4 Å². The number of hydrogen-bond acceptors (Lipinski definition) is 6. The molecular formula is C25H30N4O4S. The first-order valence-corrected chi connectivity index (χ1v) is 13.1.